The smallest absolute Gasteiger partial charge is 0.338 e. The second kappa shape index (κ2) is 7.94. The molecule has 0 atom stereocenters. The van der Waals surface area contributed by atoms with Gasteiger partial charge in [0.1, 0.15) is 5.82 Å². The van der Waals surface area contributed by atoms with Gasteiger partial charge in [0.25, 0.3) is 0 Å². The van der Waals surface area contributed by atoms with Gasteiger partial charge < -0.3 is 14.4 Å². The van der Waals surface area contributed by atoms with Gasteiger partial charge in [-0.1, -0.05) is 30.4 Å². The van der Waals surface area contributed by atoms with E-state index in [-0.39, 0.29) is 11.8 Å². The number of nitrogens with zero attached hydrogens (tertiary/aromatic N) is 1. The maximum Gasteiger partial charge on any atom is 0.338 e. The molecule has 0 bridgehead atoms. The lowest BCUT2D eigenvalue weighted by Gasteiger charge is -2.30. The first-order chi connectivity index (χ1) is 12.2. The van der Waals surface area contributed by atoms with Gasteiger partial charge in [0.2, 0.25) is 0 Å². The van der Waals surface area contributed by atoms with E-state index in [1.54, 1.807) is 18.2 Å². The number of hydrogen-bond acceptors (Lipinski definition) is 4. The zero-order chi connectivity index (χ0) is 17.6. The average Bonchev–Trinajstić information content (AvgIpc) is 2.67. The van der Waals surface area contributed by atoms with Crippen molar-refractivity contribution in [3.05, 3.63) is 65.0 Å². The summed E-state index contributed by atoms with van der Waals surface area (Å²) < 4.78 is 23.4. The Balaban J connectivity index is 2.00. The molecule has 3 rings (SSSR count). The molecule has 0 aliphatic carbocycles. The monoisotopic (exact) mass is 341 g/mol. The van der Waals surface area contributed by atoms with E-state index in [9.17, 15) is 9.18 Å². The molecule has 1 fully saturated rings. The first-order valence-electron chi connectivity index (χ1n) is 8.16. The van der Waals surface area contributed by atoms with Gasteiger partial charge in [0.15, 0.2) is 0 Å². The zero-order valence-electron chi connectivity index (χ0n) is 14.1. The number of hydrogen-bond donors (Lipinski definition) is 0. The highest BCUT2D eigenvalue weighted by atomic mass is 19.1. The van der Waals surface area contributed by atoms with Crippen LogP contribution in [0.1, 0.15) is 21.5 Å². The maximum atomic E-state index is 13.1. The molecule has 0 radical (unpaired) electrons. The quantitative estimate of drug-likeness (QED) is 0.629. The lowest BCUT2D eigenvalue weighted by molar-refractivity contribution is 0.0600. The Kier molecular flexibility index (Phi) is 5.46. The van der Waals surface area contributed by atoms with Crippen LogP contribution in [-0.4, -0.2) is 39.4 Å². The van der Waals surface area contributed by atoms with Gasteiger partial charge in [-0.15, -0.1) is 0 Å². The molecule has 1 heterocycles. The fourth-order valence-corrected chi connectivity index (χ4v) is 2.85. The van der Waals surface area contributed by atoms with Crippen molar-refractivity contribution in [1.82, 2.24) is 0 Å². The van der Waals surface area contributed by atoms with Crippen LogP contribution >= 0.6 is 0 Å². The minimum absolute atomic E-state index is 0.277. The fraction of sp³-hybridized carbons (Fsp3) is 0.250. The number of morpholine rings is 1. The molecule has 0 unspecified atom stereocenters. The molecule has 0 aromatic heterocycles. The summed E-state index contributed by atoms with van der Waals surface area (Å²) in [6.45, 7) is 2.84. The van der Waals surface area contributed by atoms with Gasteiger partial charge in [-0.2, -0.15) is 0 Å². The number of carbonyl (C=O) groups is 1. The normalized spacial score (nSPS) is 14.7. The first kappa shape index (κ1) is 17.2. The summed E-state index contributed by atoms with van der Waals surface area (Å²) in [5.41, 5.74) is 3.11. The van der Waals surface area contributed by atoms with Gasteiger partial charge in [0.05, 0.1) is 25.9 Å². The van der Waals surface area contributed by atoms with Crippen molar-refractivity contribution in [3.63, 3.8) is 0 Å². The van der Waals surface area contributed by atoms with Crippen molar-refractivity contribution >= 4 is 23.8 Å². The predicted octanol–water partition coefficient (Wildman–Crippen LogP) is 3.62. The van der Waals surface area contributed by atoms with Crippen LogP contribution in [0.5, 0.6) is 0 Å². The summed E-state index contributed by atoms with van der Waals surface area (Å²) in [6.07, 6.45) is 3.75. The minimum Gasteiger partial charge on any atom is -0.465 e. The van der Waals surface area contributed by atoms with E-state index < -0.39 is 0 Å². The van der Waals surface area contributed by atoms with Crippen molar-refractivity contribution in [2.45, 2.75) is 0 Å². The second-order valence-corrected chi connectivity index (χ2v) is 5.71. The highest BCUT2D eigenvalue weighted by molar-refractivity contribution is 5.97. The molecule has 1 aliphatic heterocycles. The molecule has 4 nitrogen and oxygen atoms in total. The number of ether oxygens (including phenoxy) is 2. The van der Waals surface area contributed by atoms with Gasteiger partial charge in [-0.25, -0.2) is 9.18 Å². The van der Waals surface area contributed by atoms with E-state index in [2.05, 4.69) is 4.90 Å². The largest absolute Gasteiger partial charge is 0.465 e. The van der Waals surface area contributed by atoms with Crippen LogP contribution in [0.3, 0.4) is 0 Å². The molecule has 1 aliphatic rings. The summed E-state index contributed by atoms with van der Waals surface area (Å²) in [5.74, 6) is -0.657. The summed E-state index contributed by atoms with van der Waals surface area (Å²) in [4.78, 5) is 14.4. The number of methoxy groups -OCH3 is 1. The van der Waals surface area contributed by atoms with E-state index in [4.69, 9.17) is 9.47 Å². The molecule has 25 heavy (non-hydrogen) atoms. The Hall–Kier alpha value is -2.66. The third-order valence-electron chi connectivity index (χ3n) is 4.15. The van der Waals surface area contributed by atoms with E-state index >= 15 is 0 Å². The van der Waals surface area contributed by atoms with E-state index in [0.717, 1.165) is 29.9 Å². The molecule has 0 N–H and O–H groups in total. The van der Waals surface area contributed by atoms with Gasteiger partial charge in [0, 0.05) is 24.3 Å². The van der Waals surface area contributed by atoms with Gasteiger partial charge in [-0.05, 0) is 29.8 Å². The molecule has 0 saturated carbocycles. The molecule has 2 aromatic rings. The summed E-state index contributed by atoms with van der Waals surface area (Å²) in [6, 6.07) is 11.8. The van der Waals surface area contributed by atoms with E-state index in [1.165, 1.54) is 19.2 Å². The molecule has 1 saturated heterocycles. The number of esters is 1. The lowest BCUT2D eigenvalue weighted by atomic mass is 10.0. The second-order valence-electron chi connectivity index (χ2n) is 5.71. The van der Waals surface area contributed by atoms with Crippen LogP contribution in [0.15, 0.2) is 42.5 Å². The van der Waals surface area contributed by atoms with Crippen molar-refractivity contribution in [2.75, 3.05) is 38.3 Å². The van der Waals surface area contributed by atoms with Gasteiger partial charge >= 0.3 is 5.97 Å². The maximum absolute atomic E-state index is 13.1. The van der Waals surface area contributed by atoms with Crippen molar-refractivity contribution in [2.24, 2.45) is 0 Å². The molecular weight excluding hydrogens is 321 g/mol. The number of benzene rings is 2. The molecule has 130 valence electrons. The van der Waals surface area contributed by atoms with E-state index in [0.29, 0.717) is 18.8 Å². The van der Waals surface area contributed by atoms with Crippen LogP contribution in [0.2, 0.25) is 0 Å². The molecule has 2 aromatic carbocycles. The lowest BCUT2D eigenvalue weighted by Crippen LogP contribution is -2.36. The average molecular weight is 341 g/mol. The highest BCUT2D eigenvalue weighted by Crippen LogP contribution is 2.28. The number of halogens is 1. The van der Waals surface area contributed by atoms with Crippen molar-refractivity contribution < 1.29 is 18.7 Å². The van der Waals surface area contributed by atoms with E-state index in [1.807, 2.05) is 24.3 Å². The van der Waals surface area contributed by atoms with Crippen LogP contribution in [-0.2, 0) is 9.47 Å². The summed E-state index contributed by atoms with van der Waals surface area (Å²) >= 11 is 0. The van der Waals surface area contributed by atoms with Crippen molar-refractivity contribution in [1.29, 1.82) is 0 Å². The molecular formula is C20H20FNO3. The summed E-state index contributed by atoms with van der Waals surface area (Å²) in [5, 5.41) is 0. The Bertz CT molecular complexity index is 765. The highest BCUT2D eigenvalue weighted by Gasteiger charge is 2.19. The Labute approximate surface area is 146 Å². The first-order valence-corrected chi connectivity index (χ1v) is 8.16. The molecule has 0 spiro atoms. The van der Waals surface area contributed by atoms with Gasteiger partial charge in [-0.3, -0.25) is 0 Å². The van der Waals surface area contributed by atoms with Crippen LogP contribution < -0.4 is 4.90 Å². The topological polar surface area (TPSA) is 38.8 Å². The third kappa shape index (κ3) is 4.06. The van der Waals surface area contributed by atoms with Crippen LogP contribution in [0, 0.1) is 5.82 Å². The zero-order valence-corrected chi connectivity index (χ0v) is 14.1. The Morgan fingerprint density at radius 1 is 1.12 bits per heavy atom. The third-order valence-corrected chi connectivity index (χ3v) is 4.15. The Morgan fingerprint density at radius 3 is 2.52 bits per heavy atom. The number of carbonyl (C=O) groups excluding carboxylic acids is 1. The fourth-order valence-electron chi connectivity index (χ4n) is 2.85. The number of anilines is 1. The predicted molar refractivity (Wildman–Crippen MR) is 96.1 cm³/mol. The summed E-state index contributed by atoms with van der Waals surface area (Å²) in [7, 11) is 1.37. The Morgan fingerprint density at radius 2 is 1.84 bits per heavy atom. The standard InChI is InChI=1S/C20H20FNO3/c1-24-20(23)18-3-2-4-19(22-11-13-25-14-12-22)17(18)10-7-15-5-8-16(21)9-6-15/h2-10H,11-14H2,1H3/b10-7+. The number of rotatable bonds is 4. The molecule has 5 heteroatoms. The minimum atomic E-state index is -0.381. The van der Waals surface area contributed by atoms with Crippen molar-refractivity contribution in [3.8, 4) is 0 Å². The SMILES string of the molecule is COC(=O)c1cccc(N2CCOCC2)c1/C=C/c1ccc(F)cc1. The van der Waals surface area contributed by atoms with Crippen LogP contribution in [0.25, 0.3) is 12.2 Å². The molecule has 0 amide bonds. The van der Waals surface area contributed by atoms with Crippen LogP contribution in [0.4, 0.5) is 10.1 Å².